The first-order chi connectivity index (χ1) is 13.2. The van der Waals surface area contributed by atoms with Crippen molar-refractivity contribution in [2.24, 2.45) is 5.41 Å². The van der Waals surface area contributed by atoms with Crippen LogP contribution < -0.4 is 4.90 Å². The Kier molecular flexibility index (Phi) is 5.05. The van der Waals surface area contributed by atoms with Crippen LogP contribution in [0.4, 0.5) is 5.82 Å². The molecule has 2 aliphatic heterocycles. The Balaban J connectivity index is 1.49. The van der Waals surface area contributed by atoms with Crippen LogP contribution in [0, 0.1) is 16.7 Å². The third-order valence-corrected chi connectivity index (χ3v) is 6.75. The van der Waals surface area contributed by atoms with E-state index in [-0.39, 0.29) is 5.41 Å². The van der Waals surface area contributed by atoms with Crippen LogP contribution in [0.1, 0.15) is 50.5 Å². The largest absolute Gasteiger partial charge is 0.381 e. The number of rotatable bonds is 3. The number of methoxy groups -OCH3 is 1. The highest BCUT2D eigenvalue weighted by molar-refractivity contribution is 5.86. The third kappa shape index (κ3) is 3.29. The lowest BCUT2D eigenvalue weighted by atomic mass is 9.78. The molecule has 0 aromatic carbocycles. The zero-order valence-corrected chi connectivity index (χ0v) is 16.1. The summed E-state index contributed by atoms with van der Waals surface area (Å²) in [5.41, 5.74) is 0.287. The van der Waals surface area contributed by atoms with Gasteiger partial charge in [0, 0.05) is 39.0 Å². The normalized spacial score (nSPS) is 31.3. The number of pyridine rings is 1. The molecule has 27 heavy (non-hydrogen) atoms. The average molecular weight is 368 g/mol. The molecule has 2 saturated heterocycles. The average Bonchev–Trinajstić information content (AvgIpc) is 3.03. The van der Waals surface area contributed by atoms with E-state index in [1.54, 1.807) is 25.4 Å². The number of aromatic nitrogens is 1. The number of hydrogen-bond donors (Lipinski definition) is 0. The van der Waals surface area contributed by atoms with Crippen LogP contribution in [-0.2, 0) is 9.53 Å². The maximum Gasteiger partial charge on any atom is 0.230 e. The third-order valence-electron chi connectivity index (χ3n) is 6.75. The summed E-state index contributed by atoms with van der Waals surface area (Å²) in [5.74, 6) is 1.05. The van der Waals surface area contributed by atoms with Gasteiger partial charge in [-0.15, -0.1) is 0 Å². The van der Waals surface area contributed by atoms with Crippen molar-refractivity contribution in [1.82, 2.24) is 9.88 Å². The van der Waals surface area contributed by atoms with E-state index in [1.807, 2.05) is 0 Å². The van der Waals surface area contributed by atoms with Crippen molar-refractivity contribution in [3.8, 4) is 6.07 Å². The van der Waals surface area contributed by atoms with Crippen molar-refractivity contribution in [2.45, 2.75) is 57.1 Å². The van der Waals surface area contributed by atoms with Gasteiger partial charge < -0.3 is 14.5 Å². The fraction of sp³-hybridized carbons (Fsp3) is 0.667. The molecule has 6 nitrogen and oxygen atoms in total. The first kappa shape index (κ1) is 18.2. The number of anilines is 1. The van der Waals surface area contributed by atoms with Crippen LogP contribution in [0.25, 0.3) is 0 Å². The topological polar surface area (TPSA) is 69.5 Å². The number of carbonyl (C=O) groups excluding carboxylic acids is 1. The molecule has 6 heteroatoms. The van der Waals surface area contributed by atoms with Gasteiger partial charge in [-0.2, -0.15) is 5.26 Å². The highest BCUT2D eigenvalue weighted by Crippen LogP contribution is 2.43. The Morgan fingerprint density at radius 1 is 1.26 bits per heavy atom. The summed E-state index contributed by atoms with van der Waals surface area (Å²) < 4.78 is 5.48. The molecule has 1 aromatic rings. The van der Waals surface area contributed by atoms with Gasteiger partial charge in [-0.05, 0) is 57.1 Å². The van der Waals surface area contributed by atoms with Crippen molar-refractivity contribution in [3.05, 3.63) is 23.9 Å². The molecule has 3 heterocycles. The van der Waals surface area contributed by atoms with Gasteiger partial charge in [0.15, 0.2) is 0 Å². The molecule has 3 fully saturated rings. The molecule has 1 atom stereocenters. The molecule has 1 aromatic heterocycles. The number of amides is 1. The molecule has 1 spiro atoms. The summed E-state index contributed by atoms with van der Waals surface area (Å²) in [6.07, 6.45) is 9.10. The molecule has 1 amide bonds. The summed E-state index contributed by atoms with van der Waals surface area (Å²) in [6, 6.07) is 6.20. The molecule has 4 rings (SSSR count). The maximum atomic E-state index is 13.4. The van der Waals surface area contributed by atoms with Gasteiger partial charge in [0.1, 0.15) is 11.9 Å². The first-order valence-electron chi connectivity index (χ1n) is 10.1. The van der Waals surface area contributed by atoms with E-state index in [9.17, 15) is 10.1 Å². The van der Waals surface area contributed by atoms with Gasteiger partial charge in [-0.25, -0.2) is 4.98 Å². The second-order valence-electron chi connectivity index (χ2n) is 8.21. The summed E-state index contributed by atoms with van der Waals surface area (Å²) in [6.45, 7) is 2.41. The van der Waals surface area contributed by atoms with Crippen LogP contribution in [-0.4, -0.2) is 54.7 Å². The zero-order valence-electron chi connectivity index (χ0n) is 16.1. The fourth-order valence-corrected chi connectivity index (χ4v) is 5.22. The van der Waals surface area contributed by atoms with Gasteiger partial charge in [0.25, 0.3) is 0 Å². The van der Waals surface area contributed by atoms with E-state index in [0.717, 1.165) is 63.9 Å². The van der Waals surface area contributed by atoms with Gasteiger partial charge in [0.05, 0.1) is 17.1 Å². The Labute approximate surface area is 161 Å². The maximum absolute atomic E-state index is 13.4. The minimum Gasteiger partial charge on any atom is -0.381 e. The molecule has 0 bridgehead atoms. The number of nitrogens with zero attached hydrogens (tertiary/aromatic N) is 4. The number of likely N-dealkylation sites (tertiary alicyclic amines) is 1. The SMILES string of the molecule is COC1CCC(N2CCC3(CCCN(c4ncccc4C#N)C3)C2=O)CC1. The predicted octanol–water partition coefficient (Wildman–Crippen LogP) is 2.73. The Hall–Kier alpha value is -2.13. The van der Waals surface area contributed by atoms with Gasteiger partial charge in [-0.1, -0.05) is 0 Å². The van der Waals surface area contributed by atoms with E-state index >= 15 is 0 Å². The lowest BCUT2D eigenvalue weighted by Gasteiger charge is -2.41. The summed E-state index contributed by atoms with van der Waals surface area (Å²) in [7, 11) is 1.78. The van der Waals surface area contributed by atoms with Gasteiger partial charge in [0.2, 0.25) is 5.91 Å². The van der Waals surface area contributed by atoms with E-state index in [4.69, 9.17) is 4.74 Å². The van der Waals surface area contributed by atoms with Crippen molar-refractivity contribution in [1.29, 1.82) is 5.26 Å². The minimum absolute atomic E-state index is 0.305. The van der Waals surface area contributed by atoms with Crippen LogP contribution in [0.3, 0.4) is 0 Å². The Morgan fingerprint density at radius 3 is 2.81 bits per heavy atom. The fourth-order valence-electron chi connectivity index (χ4n) is 5.22. The lowest BCUT2D eigenvalue weighted by molar-refractivity contribution is -0.139. The van der Waals surface area contributed by atoms with Crippen LogP contribution in [0.15, 0.2) is 18.3 Å². The lowest BCUT2D eigenvalue weighted by Crippen LogP contribution is -2.50. The van der Waals surface area contributed by atoms with Crippen LogP contribution in [0.2, 0.25) is 0 Å². The van der Waals surface area contributed by atoms with E-state index in [2.05, 4.69) is 20.9 Å². The molecule has 3 aliphatic rings. The minimum atomic E-state index is -0.305. The first-order valence-corrected chi connectivity index (χ1v) is 10.1. The zero-order chi connectivity index (χ0) is 18.9. The standard InChI is InChI=1S/C21H28N4O2/c1-27-18-7-5-17(6-8-18)25-13-10-21(20(25)26)9-3-12-24(15-21)19-16(14-22)4-2-11-23-19/h2,4,11,17-18H,3,5-10,12-13,15H2,1H3. The smallest absolute Gasteiger partial charge is 0.230 e. The quantitative estimate of drug-likeness (QED) is 0.820. The van der Waals surface area contributed by atoms with Gasteiger partial charge >= 0.3 is 0 Å². The predicted molar refractivity (Wildman–Crippen MR) is 102 cm³/mol. The van der Waals surface area contributed by atoms with Crippen molar-refractivity contribution in [2.75, 3.05) is 31.6 Å². The second kappa shape index (κ2) is 7.47. The molecule has 1 saturated carbocycles. The number of ether oxygens (including phenoxy) is 1. The number of hydrogen-bond acceptors (Lipinski definition) is 5. The van der Waals surface area contributed by atoms with Crippen molar-refractivity contribution >= 4 is 11.7 Å². The van der Waals surface area contributed by atoms with Crippen molar-refractivity contribution in [3.63, 3.8) is 0 Å². The highest BCUT2D eigenvalue weighted by atomic mass is 16.5. The van der Waals surface area contributed by atoms with Crippen LogP contribution in [0.5, 0.6) is 0 Å². The van der Waals surface area contributed by atoms with Gasteiger partial charge in [-0.3, -0.25) is 4.79 Å². The molecule has 1 aliphatic carbocycles. The van der Waals surface area contributed by atoms with Crippen molar-refractivity contribution < 1.29 is 9.53 Å². The molecular weight excluding hydrogens is 340 g/mol. The second-order valence-corrected chi connectivity index (χ2v) is 8.21. The Bertz CT molecular complexity index is 738. The highest BCUT2D eigenvalue weighted by Gasteiger charge is 2.51. The molecule has 0 N–H and O–H groups in total. The Morgan fingerprint density at radius 2 is 2.07 bits per heavy atom. The summed E-state index contributed by atoms with van der Waals surface area (Å²) in [5, 5.41) is 9.41. The molecule has 144 valence electrons. The monoisotopic (exact) mass is 368 g/mol. The van der Waals surface area contributed by atoms with E-state index in [0.29, 0.717) is 30.2 Å². The molecule has 1 unspecified atom stereocenters. The number of piperidine rings is 1. The number of nitriles is 1. The van der Waals surface area contributed by atoms with E-state index in [1.165, 1.54) is 0 Å². The van der Waals surface area contributed by atoms with Crippen LogP contribution >= 0.6 is 0 Å². The molecular formula is C21H28N4O2. The number of carbonyl (C=O) groups is 1. The summed E-state index contributed by atoms with van der Waals surface area (Å²) >= 11 is 0. The van der Waals surface area contributed by atoms with E-state index < -0.39 is 0 Å². The molecule has 0 radical (unpaired) electrons. The summed E-state index contributed by atoms with van der Waals surface area (Å²) in [4.78, 5) is 22.2.